The summed E-state index contributed by atoms with van der Waals surface area (Å²) >= 11 is 0. The second-order valence-corrected chi connectivity index (χ2v) is 8.02. The first-order chi connectivity index (χ1) is 11.0. The Kier molecular flexibility index (Phi) is 4.63. The van der Waals surface area contributed by atoms with Gasteiger partial charge in [-0.3, -0.25) is 10.1 Å². The largest absolute Gasteiger partial charge is 0.502 e. The Morgan fingerprint density at radius 1 is 1.04 bits per heavy atom. The molecule has 0 unspecified atom stereocenters. The molecule has 0 atom stereocenters. The van der Waals surface area contributed by atoms with Crippen molar-refractivity contribution in [2.75, 3.05) is 0 Å². The van der Waals surface area contributed by atoms with Crippen molar-refractivity contribution in [3.05, 3.63) is 52.6 Å². The predicted octanol–water partition coefficient (Wildman–Crippen LogP) is 3.04. The summed E-state index contributed by atoms with van der Waals surface area (Å²) < 4.78 is 27.1. The smallest absolute Gasteiger partial charge is 0.311 e. The number of nitro groups is 1. The van der Waals surface area contributed by atoms with E-state index in [0.717, 1.165) is 0 Å². The summed E-state index contributed by atoms with van der Waals surface area (Å²) in [7, 11) is -3.64. The number of benzene rings is 2. The molecular formula is C16H18N2O5S. The summed E-state index contributed by atoms with van der Waals surface area (Å²) in [5.74, 6) is -0.419. The Labute approximate surface area is 140 Å². The van der Waals surface area contributed by atoms with Crippen molar-refractivity contribution in [1.82, 2.24) is 4.72 Å². The van der Waals surface area contributed by atoms with Crippen LogP contribution in [0.1, 0.15) is 20.8 Å². The minimum Gasteiger partial charge on any atom is -0.502 e. The van der Waals surface area contributed by atoms with E-state index in [9.17, 15) is 23.6 Å². The Morgan fingerprint density at radius 2 is 1.58 bits per heavy atom. The van der Waals surface area contributed by atoms with Gasteiger partial charge in [-0.05, 0) is 50.1 Å². The van der Waals surface area contributed by atoms with Crippen LogP contribution in [0.4, 0.5) is 5.69 Å². The molecule has 24 heavy (non-hydrogen) atoms. The summed E-state index contributed by atoms with van der Waals surface area (Å²) in [6, 6.07) is 10.00. The third kappa shape index (κ3) is 4.09. The highest BCUT2D eigenvalue weighted by atomic mass is 32.2. The van der Waals surface area contributed by atoms with Crippen molar-refractivity contribution in [1.29, 1.82) is 0 Å². The molecule has 0 aromatic heterocycles. The number of rotatable bonds is 4. The lowest BCUT2D eigenvalue weighted by Gasteiger charge is -2.20. The van der Waals surface area contributed by atoms with Crippen molar-refractivity contribution in [3.63, 3.8) is 0 Å². The zero-order valence-electron chi connectivity index (χ0n) is 13.5. The number of hydrogen-bond acceptors (Lipinski definition) is 5. The van der Waals surface area contributed by atoms with Gasteiger partial charge in [0.2, 0.25) is 10.0 Å². The lowest BCUT2D eigenvalue weighted by molar-refractivity contribution is -0.385. The van der Waals surface area contributed by atoms with E-state index in [1.165, 1.54) is 30.3 Å². The van der Waals surface area contributed by atoms with Gasteiger partial charge in [-0.1, -0.05) is 18.2 Å². The number of phenolic OH excluding ortho intramolecular Hbond substituents is 1. The first kappa shape index (κ1) is 17.9. The third-order valence-electron chi connectivity index (χ3n) is 3.11. The zero-order chi connectivity index (χ0) is 18.1. The van der Waals surface area contributed by atoms with Crippen LogP contribution in [-0.2, 0) is 10.0 Å². The van der Waals surface area contributed by atoms with Gasteiger partial charge in [0.25, 0.3) is 0 Å². The summed E-state index contributed by atoms with van der Waals surface area (Å²) in [5.41, 5.74) is 0.105. The SMILES string of the molecule is CC(C)(C)NS(=O)(=O)c1ccc(-c2ccc(O)c([N+](=O)[O-])c2)cc1. The van der Waals surface area contributed by atoms with Crippen LogP contribution in [0.2, 0.25) is 0 Å². The number of sulfonamides is 1. The van der Waals surface area contributed by atoms with Crippen LogP contribution in [0, 0.1) is 10.1 Å². The summed E-state index contributed by atoms with van der Waals surface area (Å²) in [4.78, 5) is 10.3. The number of nitro benzene ring substituents is 1. The number of nitrogens with one attached hydrogen (secondary N) is 1. The highest BCUT2D eigenvalue weighted by Crippen LogP contribution is 2.31. The molecule has 0 aliphatic carbocycles. The fourth-order valence-electron chi connectivity index (χ4n) is 2.14. The molecule has 0 fully saturated rings. The molecule has 0 radical (unpaired) electrons. The van der Waals surface area contributed by atoms with Gasteiger partial charge >= 0.3 is 5.69 Å². The van der Waals surface area contributed by atoms with E-state index in [-0.39, 0.29) is 4.90 Å². The molecule has 0 heterocycles. The van der Waals surface area contributed by atoms with E-state index >= 15 is 0 Å². The molecule has 128 valence electrons. The first-order valence-electron chi connectivity index (χ1n) is 7.11. The highest BCUT2D eigenvalue weighted by molar-refractivity contribution is 7.89. The Morgan fingerprint density at radius 3 is 2.08 bits per heavy atom. The van der Waals surface area contributed by atoms with E-state index in [2.05, 4.69) is 4.72 Å². The molecule has 2 aromatic rings. The molecule has 0 aliphatic heterocycles. The van der Waals surface area contributed by atoms with Gasteiger partial charge in [0.1, 0.15) is 0 Å². The third-order valence-corrected chi connectivity index (χ3v) is 4.88. The topological polar surface area (TPSA) is 110 Å². The molecule has 2 N–H and O–H groups in total. The van der Waals surface area contributed by atoms with Crippen LogP contribution in [0.3, 0.4) is 0 Å². The standard InChI is InChI=1S/C16H18N2O5S/c1-16(2,3)17-24(22,23)13-7-4-11(5-8-13)12-6-9-15(19)14(10-12)18(20)21/h4-10,17,19H,1-3H3. The van der Waals surface area contributed by atoms with Gasteiger partial charge in [0.15, 0.2) is 5.75 Å². The fourth-order valence-corrected chi connectivity index (χ4v) is 3.56. The van der Waals surface area contributed by atoms with Gasteiger partial charge in [-0.2, -0.15) is 0 Å². The van der Waals surface area contributed by atoms with E-state index < -0.39 is 31.9 Å². The number of aromatic hydroxyl groups is 1. The molecule has 2 aromatic carbocycles. The maximum Gasteiger partial charge on any atom is 0.311 e. The minimum absolute atomic E-state index is 0.106. The molecule has 0 spiro atoms. The number of phenols is 1. The summed E-state index contributed by atoms with van der Waals surface area (Å²) in [6.07, 6.45) is 0. The molecule has 0 aliphatic rings. The maximum atomic E-state index is 12.3. The Bertz CT molecular complexity index is 868. The van der Waals surface area contributed by atoms with Crippen molar-refractivity contribution in [2.45, 2.75) is 31.2 Å². The van der Waals surface area contributed by atoms with Crippen LogP contribution in [0.5, 0.6) is 5.75 Å². The van der Waals surface area contributed by atoms with Crippen LogP contribution in [0.15, 0.2) is 47.4 Å². The lowest BCUT2D eigenvalue weighted by atomic mass is 10.1. The lowest BCUT2D eigenvalue weighted by Crippen LogP contribution is -2.40. The van der Waals surface area contributed by atoms with Crippen LogP contribution >= 0.6 is 0 Å². The van der Waals surface area contributed by atoms with Gasteiger partial charge in [-0.25, -0.2) is 13.1 Å². The van der Waals surface area contributed by atoms with Crippen LogP contribution < -0.4 is 4.72 Å². The van der Waals surface area contributed by atoms with E-state index in [1.54, 1.807) is 32.9 Å². The second kappa shape index (κ2) is 6.21. The highest BCUT2D eigenvalue weighted by Gasteiger charge is 2.22. The molecule has 8 heteroatoms. The Hall–Kier alpha value is -2.45. The van der Waals surface area contributed by atoms with Crippen LogP contribution in [0.25, 0.3) is 11.1 Å². The predicted molar refractivity (Wildman–Crippen MR) is 90.3 cm³/mol. The van der Waals surface area contributed by atoms with Gasteiger partial charge in [-0.15, -0.1) is 0 Å². The van der Waals surface area contributed by atoms with Crippen molar-refractivity contribution < 1.29 is 18.4 Å². The first-order valence-corrected chi connectivity index (χ1v) is 8.60. The monoisotopic (exact) mass is 350 g/mol. The van der Waals surface area contributed by atoms with Crippen LogP contribution in [-0.4, -0.2) is 24.0 Å². The molecular weight excluding hydrogens is 332 g/mol. The average Bonchev–Trinajstić information content (AvgIpc) is 2.45. The normalized spacial score (nSPS) is 12.1. The number of nitrogens with zero attached hydrogens (tertiary/aromatic N) is 1. The quantitative estimate of drug-likeness (QED) is 0.650. The van der Waals surface area contributed by atoms with Crippen molar-refractivity contribution in [3.8, 4) is 16.9 Å². The summed E-state index contributed by atoms with van der Waals surface area (Å²) in [6.45, 7) is 5.23. The van der Waals surface area contributed by atoms with Gasteiger partial charge in [0.05, 0.1) is 9.82 Å². The van der Waals surface area contributed by atoms with Crippen molar-refractivity contribution in [2.24, 2.45) is 0 Å². The maximum absolute atomic E-state index is 12.3. The molecule has 0 saturated carbocycles. The van der Waals surface area contributed by atoms with Gasteiger partial charge < -0.3 is 5.11 Å². The molecule has 0 saturated heterocycles. The Balaban J connectivity index is 2.37. The van der Waals surface area contributed by atoms with E-state index in [0.29, 0.717) is 11.1 Å². The minimum atomic E-state index is -3.64. The zero-order valence-corrected chi connectivity index (χ0v) is 14.3. The molecule has 7 nitrogen and oxygen atoms in total. The second-order valence-electron chi connectivity index (χ2n) is 6.34. The molecule has 0 bridgehead atoms. The summed E-state index contributed by atoms with van der Waals surface area (Å²) in [5, 5.41) is 20.4. The van der Waals surface area contributed by atoms with E-state index in [4.69, 9.17) is 0 Å². The van der Waals surface area contributed by atoms with Gasteiger partial charge in [0, 0.05) is 11.6 Å². The number of hydrogen-bond donors (Lipinski definition) is 2. The fraction of sp³-hybridized carbons (Fsp3) is 0.250. The van der Waals surface area contributed by atoms with Crippen molar-refractivity contribution >= 4 is 15.7 Å². The average molecular weight is 350 g/mol. The van der Waals surface area contributed by atoms with E-state index in [1.807, 2.05) is 0 Å². The molecule has 2 rings (SSSR count). The molecule has 0 amide bonds.